The lowest BCUT2D eigenvalue weighted by Crippen LogP contribution is -2.00. The summed E-state index contributed by atoms with van der Waals surface area (Å²) in [6, 6.07) is 5.37. The normalized spacial score (nSPS) is 10.5. The first-order valence-electron chi connectivity index (χ1n) is 5.36. The van der Waals surface area contributed by atoms with Gasteiger partial charge in [0, 0.05) is 11.3 Å². The Bertz CT molecular complexity index is 585. The Morgan fingerprint density at radius 1 is 1.29 bits per heavy atom. The fourth-order valence-corrected chi connectivity index (χ4v) is 1.89. The molecule has 0 unspecified atom stereocenters. The zero-order chi connectivity index (χ0) is 12.6. The number of aryl methyl sites for hydroxylation is 3. The molecule has 0 saturated heterocycles. The molecule has 1 aromatic heterocycles. The van der Waals surface area contributed by atoms with Crippen molar-refractivity contribution in [3.63, 3.8) is 0 Å². The van der Waals surface area contributed by atoms with Crippen LogP contribution < -0.4 is 0 Å². The molecule has 0 aliphatic carbocycles. The van der Waals surface area contributed by atoms with Gasteiger partial charge in [0.2, 0.25) is 0 Å². The number of rotatable bonds is 2. The number of carboxylic acid groups (broad SMARTS) is 1. The fourth-order valence-electron chi connectivity index (χ4n) is 1.89. The Balaban J connectivity index is 2.57. The number of carbonyl (C=O) groups is 1. The van der Waals surface area contributed by atoms with Crippen LogP contribution in [-0.2, 0) is 0 Å². The van der Waals surface area contributed by atoms with Gasteiger partial charge in [-0.3, -0.25) is 0 Å². The van der Waals surface area contributed by atoms with E-state index in [1.54, 1.807) is 13.0 Å². The minimum atomic E-state index is -0.908. The maximum absolute atomic E-state index is 11.1. The van der Waals surface area contributed by atoms with E-state index in [9.17, 15) is 4.79 Å². The van der Waals surface area contributed by atoms with E-state index in [0.717, 1.165) is 28.3 Å². The zero-order valence-electron chi connectivity index (χ0n) is 10.0. The van der Waals surface area contributed by atoms with Gasteiger partial charge >= 0.3 is 5.97 Å². The monoisotopic (exact) mass is 230 g/mol. The number of aromatic nitrogens is 2. The van der Waals surface area contributed by atoms with Crippen LogP contribution in [0.5, 0.6) is 0 Å². The molecule has 2 aromatic rings. The number of nitrogens with zero attached hydrogens (tertiary/aromatic N) is 1. The highest BCUT2D eigenvalue weighted by Gasteiger charge is 2.12. The number of aromatic amines is 1. The summed E-state index contributed by atoms with van der Waals surface area (Å²) >= 11 is 0. The number of hydrogen-bond acceptors (Lipinski definition) is 2. The Kier molecular flexibility index (Phi) is 2.71. The van der Waals surface area contributed by atoms with E-state index in [1.807, 2.05) is 26.0 Å². The van der Waals surface area contributed by atoms with E-state index in [1.165, 1.54) is 0 Å². The van der Waals surface area contributed by atoms with Gasteiger partial charge in [0.1, 0.15) is 5.82 Å². The van der Waals surface area contributed by atoms with E-state index in [4.69, 9.17) is 5.11 Å². The third-order valence-electron chi connectivity index (χ3n) is 2.74. The summed E-state index contributed by atoms with van der Waals surface area (Å²) in [6.07, 6.45) is 0. The van der Waals surface area contributed by atoms with Crippen molar-refractivity contribution >= 4 is 5.97 Å². The second kappa shape index (κ2) is 4.05. The lowest BCUT2D eigenvalue weighted by molar-refractivity contribution is 0.0696. The van der Waals surface area contributed by atoms with Gasteiger partial charge in [-0.15, -0.1) is 0 Å². The maximum atomic E-state index is 11.1. The molecule has 0 bridgehead atoms. The van der Waals surface area contributed by atoms with Crippen molar-refractivity contribution in [3.05, 3.63) is 40.8 Å². The number of nitrogens with one attached hydrogen (secondary N) is 1. The van der Waals surface area contributed by atoms with Crippen LogP contribution >= 0.6 is 0 Å². The number of aromatic carboxylic acids is 1. The quantitative estimate of drug-likeness (QED) is 0.833. The van der Waals surface area contributed by atoms with E-state index >= 15 is 0 Å². The van der Waals surface area contributed by atoms with E-state index in [-0.39, 0.29) is 0 Å². The summed E-state index contributed by atoms with van der Waals surface area (Å²) in [7, 11) is 0. The summed E-state index contributed by atoms with van der Waals surface area (Å²) in [5, 5.41) is 9.08. The van der Waals surface area contributed by atoms with Gasteiger partial charge in [-0.1, -0.05) is 12.1 Å². The molecule has 0 radical (unpaired) electrons. The Labute approximate surface area is 99.3 Å². The fraction of sp³-hybridized carbons (Fsp3) is 0.231. The molecule has 1 aromatic carbocycles. The summed E-state index contributed by atoms with van der Waals surface area (Å²) in [6.45, 7) is 5.59. The largest absolute Gasteiger partial charge is 0.478 e. The number of carboxylic acids is 1. The minimum absolute atomic E-state index is 0.322. The van der Waals surface area contributed by atoms with Crippen LogP contribution in [0.4, 0.5) is 0 Å². The summed E-state index contributed by atoms with van der Waals surface area (Å²) in [5.74, 6) is -0.0794. The molecule has 0 fully saturated rings. The van der Waals surface area contributed by atoms with Gasteiger partial charge in [0.25, 0.3) is 0 Å². The van der Waals surface area contributed by atoms with Crippen LogP contribution in [0.25, 0.3) is 11.3 Å². The lowest BCUT2D eigenvalue weighted by atomic mass is 10.0. The molecule has 4 heteroatoms. The number of imidazole rings is 1. The number of benzene rings is 1. The van der Waals surface area contributed by atoms with E-state index in [0.29, 0.717) is 5.56 Å². The molecule has 4 nitrogen and oxygen atoms in total. The van der Waals surface area contributed by atoms with Gasteiger partial charge in [0.15, 0.2) is 0 Å². The molecule has 0 aliphatic rings. The van der Waals surface area contributed by atoms with Gasteiger partial charge in [-0.25, -0.2) is 9.78 Å². The molecule has 0 spiro atoms. The van der Waals surface area contributed by atoms with Crippen molar-refractivity contribution in [3.8, 4) is 11.3 Å². The summed E-state index contributed by atoms with van der Waals surface area (Å²) in [5.41, 5.74) is 3.66. The zero-order valence-corrected chi connectivity index (χ0v) is 10.0. The first-order valence-corrected chi connectivity index (χ1v) is 5.36. The average Bonchev–Trinajstić information content (AvgIpc) is 2.58. The van der Waals surface area contributed by atoms with Gasteiger partial charge < -0.3 is 10.1 Å². The Morgan fingerprint density at radius 2 is 2.00 bits per heavy atom. The van der Waals surface area contributed by atoms with Crippen molar-refractivity contribution in [2.45, 2.75) is 20.8 Å². The molecule has 0 saturated carbocycles. The molecule has 2 rings (SSSR count). The molecule has 17 heavy (non-hydrogen) atoms. The summed E-state index contributed by atoms with van der Waals surface area (Å²) < 4.78 is 0. The maximum Gasteiger partial charge on any atom is 0.335 e. The second-order valence-corrected chi connectivity index (χ2v) is 4.13. The highest BCUT2D eigenvalue weighted by molar-refractivity contribution is 5.91. The Morgan fingerprint density at radius 3 is 2.53 bits per heavy atom. The van der Waals surface area contributed by atoms with Crippen molar-refractivity contribution in [1.82, 2.24) is 9.97 Å². The molecular weight excluding hydrogens is 216 g/mol. The molecular formula is C13H14N2O2. The standard InChI is InChI=1S/C13H14N2O2/c1-7-4-5-10(6-11(7)13(16)17)12-8(2)14-9(3)15-12/h4-6H,1-3H3,(H,14,15)(H,16,17). The Hall–Kier alpha value is -2.10. The average molecular weight is 230 g/mol. The van der Waals surface area contributed by atoms with E-state index < -0.39 is 5.97 Å². The summed E-state index contributed by atoms with van der Waals surface area (Å²) in [4.78, 5) is 18.5. The molecule has 0 aliphatic heterocycles. The van der Waals surface area contributed by atoms with E-state index in [2.05, 4.69) is 9.97 Å². The molecule has 1 heterocycles. The topological polar surface area (TPSA) is 66.0 Å². The van der Waals surface area contributed by atoms with Gasteiger partial charge in [-0.2, -0.15) is 0 Å². The smallest absolute Gasteiger partial charge is 0.335 e. The van der Waals surface area contributed by atoms with Crippen LogP contribution in [0, 0.1) is 20.8 Å². The highest BCUT2D eigenvalue weighted by atomic mass is 16.4. The number of hydrogen-bond donors (Lipinski definition) is 2. The van der Waals surface area contributed by atoms with Crippen molar-refractivity contribution < 1.29 is 9.90 Å². The van der Waals surface area contributed by atoms with Crippen LogP contribution in [0.1, 0.15) is 27.4 Å². The number of H-pyrrole nitrogens is 1. The first-order chi connectivity index (χ1) is 7.99. The van der Waals surface area contributed by atoms with Crippen LogP contribution in [0.15, 0.2) is 18.2 Å². The van der Waals surface area contributed by atoms with Crippen molar-refractivity contribution in [1.29, 1.82) is 0 Å². The molecule has 0 amide bonds. The minimum Gasteiger partial charge on any atom is -0.478 e. The highest BCUT2D eigenvalue weighted by Crippen LogP contribution is 2.23. The third kappa shape index (κ3) is 2.06. The SMILES string of the molecule is Cc1nc(-c2ccc(C)c(C(=O)O)c2)c(C)[nH]1. The van der Waals surface area contributed by atoms with Crippen molar-refractivity contribution in [2.75, 3.05) is 0 Å². The molecule has 88 valence electrons. The second-order valence-electron chi connectivity index (χ2n) is 4.13. The van der Waals surface area contributed by atoms with Crippen LogP contribution in [0.2, 0.25) is 0 Å². The van der Waals surface area contributed by atoms with Crippen LogP contribution in [0.3, 0.4) is 0 Å². The van der Waals surface area contributed by atoms with Crippen LogP contribution in [-0.4, -0.2) is 21.0 Å². The third-order valence-corrected chi connectivity index (χ3v) is 2.74. The predicted molar refractivity (Wildman–Crippen MR) is 65.2 cm³/mol. The first kappa shape index (κ1) is 11.4. The van der Waals surface area contributed by atoms with Gasteiger partial charge in [-0.05, 0) is 32.4 Å². The molecule has 2 N–H and O–H groups in total. The van der Waals surface area contributed by atoms with Gasteiger partial charge in [0.05, 0.1) is 11.3 Å². The molecule has 0 atom stereocenters. The lowest BCUT2D eigenvalue weighted by Gasteiger charge is -2.04. The predicted octanol–water partition coefficient (Wildman–Crippen LogP) is 2.70. The van der Waals surface area contributed by atoms with Crippen molar-refractivity contribution in [2.24, 2.45) is 0 Å².